The van der Waals surface area contributed by atoms with Crippen LogP contribution in [0.4, 0.5) is 4.39 Å². The summed E-state index contributed by atoms with van der Waals surface area (Å²) in [7, 11) is 1.59. The van der Waals surface area contributed by atoms with Crippen LogP contribution in [0.25, 0.3) is 6.08 Å². The van der Waals surface area contributed by atoms with Gasteiger partial charge in [0, 0.05) is 5.57 Å². The van der Waals surface area contributed by atoms with Crippen molar-refractivity contribution in [1.29, 1.82) is 0 Å². The Kier molecular flexibility index (Phi) is 3.44. The summed E-state index contributed by atoms with van der Waals surface area (Å²) in [6, 6.07) is 11.3. The molecule has 21 heavy (non-hydrogen) atoms. The molecule has 4 heteroatoms. The quantitative estimate of drug-likeness (QED) is 0.792. The first-order valence-electron chi connectivity index (χ1n) is 6.49. The molecule has 2 aromatic rings. The molecule has 106 valence electrons. The number of fused-ring (bicyclic) bond motifs is 1. The van der Waals surface area contributed by atoms with E-state index >= 15 is 0 Å². The number of benzene rings is 2. The van der Waals surface area contributed by atoms with Crippen LogP contribution in [0.5, 0.6) is 11.5 Å². The lowest BCUT2D eigenvalue weighted by molar-refractivity contribution is 0.1000. The standard InChI is InChI=1S/C17H13FO3/c1-20-14-5-2-11(3-6-14)8-12-10-21-16-7-4-13(18)9-15(16)17(12)19/h2-9H,10H2,1H3/b12-8-. The zero-order valence-electron chi connectivity index (χ0n) is 11.4. The minimum Gasteiger partial charge on any atom is -0.497 e. The van der Waals surface area contributed by atoms with E-state index in [1.807, 2.05) is 24.3 Å². The predicted molar refractivity (Wildman–Crippen MR) is 77.2 cm³/mol. The van der Waals surface area contributed by atoms with Crippen LogP contribution in [0.1, 0.15) is 15.9 Å². The predicted octanol–water partition coefficient (Wildman–Crippen LogP) is 3.49. The minimum absolute atomic E-state index is 0.184. The van der Waals surface area contributed by atoms with E-state index in [0.717, 1.165) is 11.3 Å². The topological polar surface area (TPSA) is 35.5 Å². The van der Waals surface area contributed by atoms with E-state index < -0.39 is 5.82 Å². The number of ketones is 1. The van der Waals surface area contributed by atoms with E-state index in [-0.39, 0.29) is 18.0 Å². The van der Waals surface area contributed by atoms with E-state index in [4.69, 9.17) is 9.47 Å². The molecule has 0 aromatic heterocycles. The molecule has 0 bridgehead atoms. The Hall–Kier alpha value is -2.62. The fraction of sp³-hybridized carbons (Fsp3) is 0.118. The van der Waals surface area contributed by atoms with Crippen molar-refractivity contribution in [3.63, 3.8) is 0 Å². The summed E-state index contributed by atoms with van der Waals surface area (Å²) in [5.74, 6) is 0.520. The molecule has 0 saturated carbocycles. The maximum atomic E-state index is 13.3. The molecule has 1 aliphatic heterocycles. The molecule has 1 heterocycles. The number of hydrogen-bond donors (Lipinski definition) is 0. The third kappa shape index (κ3) is 2.65. The molecule has 0 saturated heterocycles. The van der Waals surface area contributed by atoms with Crippen LogP contribution in [0, 0.1) is 5.82 Å². The summed E-state index contributed by atoms with van der Waals surface area (Å²) in [4.78, 5) is 12.4. The minimum atomic E-state index is -0.448. The zero-order valence-corrected chi connectivity index (χ0v) is 11.4. The third-order valence-corrected chi connectivity index (χ3v) is 3.32. The van der Waals surface area contributed by atoms with Crippen molar-refractivity contribution >= 4 is 11.9 Å². The number of carbonyl (C=O) groups is 1. The number of rotatable bonds is 2. The van der Waals surface area contributed by atoms with E-state index in [2.05, 4.69) is 0 Å². The number of Topliss-reactive ketones (excluding diaryl/α,β-unsaturated/α-hetero) is 1. The second-order valence-electron chi connectivity index (χ2n) is 4.70. The summed E-state index contributed by atoms with van der Waals surface area (Å²) in [5, 5.41) is 0. The van der Waals surface area contributed by atoms with Crippen LogP contribution in [0.15, 0.2) is 48.0 Å². The molecular weight excluding hydrogens is 271 g/mol. The first-order chi connectivity index (χ1) is 10.2. The summed E-state index contributed by atoms with van der Waals surface area (Å²) in [6.45, 7) is 0.184. The Morgan fingerprint density at radius 2 is 1.95 bits per heavy atom. The van der Waals surface area contributed by atoms with Gasteiger partial charge in [-0.2, -0.15) is 0 Å². The Morgan fingerprint density at radius 3 is 2.67 bits per heavy atom. The molecule has 0 unspecified atom stereocenters. The maximum absolute atomic E-state index is 13.3. The van der Waals surface area contributed by atoms with Gasteiger partial charge in [0.05, 0.1) is 12.7 Å². The first kappa shape index (κ1) is 13.4. The van der Waals surface area contributed by atoms with Crippen LogP contribution in [0.3, 0.4) is 0 Å². The summed E-state index contributed by atoms with van der Waals surface area (Å²) < 4.78 is 23.8. The van der Waals surface area contributed by atoms with Crippen molar-refractivity contribution in [1.82, 2.24) is 0 Å². The maximum Gasteiger partial charge on any atom is 0.196 e. The fourth-order valence-electron chi connectivity index (χ4n) is 2.21. The highest BCUT2D eigenvalue weighted by atomic mass is 19.1. The molecule has 0 aliphatic carbocycles. The van der Waals surface area contributed by atoms with Gasteiger partial charge in [-0.05, 0) is 42.0 Å². The van der Waals surface area contributed by atoms with Gasteiger partial charge in [-0.1, -0.05) is 12.1 Å². The molecule has 1 aliphatic rings. The number of halogens is 1. The Labute approximate surface area is 121 Å². The van der Waals surface area contributed by atoms with Crippen LogP contribution in [0.2, 0.25) is 0 Å². The molecule has 0 amide bonds. The molecule has 3 rings (SSSR count). The van der Waals surface area contributed by atoms with Crippen LogP contribution >= 0.6 is 0 Å². The van der Waals surface area contributed by atoms with Gasteiger partial charge in [-0.3, -0.25) is 4.79 Å². The molecule has 0 atom stereocenters. The lowest BCUT2D eigenvalue weighted by Crippen LogP contribution is -2.19. The van der Waals surface area contributed by atoms with Gasteiger partial charge in [-0.25, -0.2) is 4.39 Å². The van der Waals surface area contributed by atoms with Gasteiger partial charge < -0.3 is 9.47 Å². The van der Waals surface area contributed by atoms with Gasteiger partial charge in [-0.15, -0.1) is 0 Å². The van der Waals surface area contributed by atoms with E-state index in [1.54, 1.807) is 13.2 Å². The average Bonchev–Trinajstić information content (AvgIpc) is 2.51. The normalized spacial score (nSPS) is 15.5. The van der Waals surface area contributed by atoms with Crippen molar-refractivity contribution in [2.24, 2.45) is 0 Å². The third-order valence-electron chi connectivity index (χ3n) is 3.32. The highest BCUT2D eigenvalue weighted by Crippen LogP contribution is 2.28. The molecule has 0 spiro atoms. The summed E-state index contributed by atoms with van der Waals surface area (Å²) in [5.41, 5.74) is 1.63. The van der Waals surface area contributed by atoms with Crippen molar-refractivity contribution in [3.8, 4) is 11.5 Å². The Morgan fingerprint density at radius 1 is 1.19 bits per heavy atom. The summed E-state index contributed by atoms with van der Waals surface area (Å²) in [6.07, 6.45) is 1.75. The average molecular weight is 284 g/mol. The van der Waals surface area contributed by atoms with E-state index in [1.165, 1.54) is 18.2 Å². The number of ether oxygens (including phenoxy) is 2. The van der Waals surface area contributed by atoms with Gasteiger partial charge in [0.1, 0.15) is 23.9 Å². The second kappa shape index (κ2) is 5.40. The van der Waals surface area contributed by atoms with E-state index in [0.29, 0.717) is 11.3 Å². The first-order valence-corrected chi connectivity index (χ1v) is 6.49. The molecular formula is C17H13FO3. The Bertz CT molecular complexity index is 717. The van der Waals surface area contributed by atoms with Gasteiger partial charge in [0.2, 0.25) is 0 Å². The SMILES string of the molecule is COc1ccc(/C=C2/COc3ccc(F)cc3C2=O)cc1. The van der Waals surface area contributed by atoms with Crippen molar-refractivity contribution in [2.75, 3.05) is 13.7 Å². The van der Waals surface area contributed by atoms with Crippen LogP contribution in [-0.4, -0.2) is 19.5 Å². The number of hydrogen-bond acceptors (Lipinski definition) is 3. The van der Waals surface area contributed by atoms with Gasteiger partial charge >= 0.3 is 0 Å². The van der Waals surface area contributed by atoms with Crippen LogP contribution in [-0.2, 0) is 0 Å². The van der Waals surface area contributed by atoms with Gasteiger partial charge in [0.25, 0.3) is 0 Å². The summed E-state index contributed by atoms with van der Waals surface area (Å²) >= 11 is 0. The molecule has 2 aromatic carbocycles. The monoisotopic (exact) mass is 284 g/mol. The largest absolute Gasteiger partial charge is 0.497 e. The fourth-order valence-corrected chi connectivity index (χ4v) is 2.21. The highest BCUT2D eigenvalue weighted by Gasteiger charge is 2.23. The lowest BCUT2D eigenvalue weighted by Gasteiger charge is -2.18. The molecule has 3 nitrogen and oxygen atoms in total. The van der Waals surface area contributed by atoms with E-state index in [9.17, 15) is 9.18 Å². The van der Waals surface area contributed by atoms with Crippen LogP contribution < -0.4 is 9.47 Å². The van der Waals surface area contributed by atoms with Crippen molar-refractivity contribution in [3.05, 3.63) is 65.0 Å². The van der Waals surface area contributed by atoms with Gasteiger partial charge in [0.15, 0.2) is 5.78 Å². The molecule has 0 fully saturated rings. The number of methoxy groups -OCH3 is 1. The molecule has 0 N–H and O–H groups in total. The second-order valence-corrected chi connectivity index (χ2v) is 4.70. The lowest BCUT2D eigenvalue weighted by atomic mass is 9.98. The number of carbonyl (C=O) groups excluding carboxylic acids is 1. The highest BCUT2D eigenvalue weighted by molar-refractivity contribution is 6.14. The Balaban J connectivity index is 1.93. The smallest absolute Gasteiger partial charge is 0.196 e. The molecule has 0 radical (unpaired) electrons. The van der Waals surface area contributed by atoms with Crippen molar-refractivity contribution < 1.29 is 18.7 Å². The zero-order chi connectivity index (χ0) is 14.8. The van der Waals surface area contributed by atoms with Crippen molar-refractivity contribution in [2.45, 2.75) is 0 Å².